The zero-order valence-corrected chi connectivity index (χ0v) is 28.0. The number of benzene rings is 3. The first-order chi connectivity index (χ1) is 23.2. The Hall–Kier alpha value is -5.11. The zero-order chi connectivity index (χ0) is 34.7. The number of amides is 1. The third-order valence-corrected chi connectivity index (χ3v) is 7.89. The molecule has 1 fully saturated rings. The van der Waals surface area contributed by atoms with E-state index in [1.807, 2.05) is 82.3 Å². The Morgan fingerprint density at radius 3 is 2.21 bits per heavy atom. The number of allylic oxidation sites excluding steroid dienone is 1. The highest BCUT2D eigenvalue weighted by molar-refractivity contribution is 5.98. The molecule has 5 aromatic rings. The van der Waals surface area contributed by atoms with Crippen LogP contribution >= 0.6 is 0 Å². The number of furan rings is 1. The average Bonchev–Trinajstić information content (AvgIpc) is 3.55. The van der Waals surface area contributed by atoms with Crippen LogP contribution in [0.1, 0.15) is 68.6 Å². The summed E-state index contributed by atoms with van der Waals surface area (Å²) in [6, 6.07) is 26.7. The highest BCUT2D eigenvalue weighted by atomic mass is 19.3. The minimum absolute atomic E-state index is 0.0286. The van der Waals surface area contributed by atoms with Crippen molar-refractivity contribution >= 4 is 34.6 Å². The van der Waals surface area contributed by atoms with E-state index in [1.165, 1.54) is 11.0 Å². The second-order valence-electron chi connectivity index (χ2n) is 11.1. The molecule has 8 heteroatoms. The Kier molecular flexibility index (Phi) is 12.4. The summed E-state index contributed by atoms with van der Waals surface area (Å²) in [5.74, 6) is -1.84. The molecule has 1 aliphatic heterocycles. The highest BCUT2D eigenvalue weighted by Gasteiger charge is 2.35. The third-order valence-electron chi connectivity index (χ3n) is 7.89. The van der Waals surface area contributed by atoms with Crippen LogP contribution in [-0.2, 0) is 11.2 Å². The number of hydrogen-bond donors (Lipinski definition) is 1. The lowest BCUT2D eigenvalue weighted by Gasteiger charge is -2.31. The minimum Gasteiger partial charge on any atom is -0.460 e. The highest BCUT2D eigenvalue weighted by Crippen LogP contribution is 2.36. The molecule has 2 N–H and O–H groups in total. The predicted molar refractivity (Wildman–Crippen MR) is 191 cm³/mol. The quantitative estimate of drug-likeness (QED) is 0.169. The second-order valence-corrected chi connectivity index (χ2v) is 11.1. The van der Waals surface area contributed by atoms with Crippen LogP contribution in [-0.4, -0.2) is 40.6 Å². The molecule has 3 aromatic carbocycles. The van der Waals surface area contributed by atoms with Crippen molar-refractivity contribution in [2.45, 2.75) is 59.3 Å². The van der Waals surface area contributed by atoms with E-state index in [-0.39, 0.29) is 44.0 Å². The standard InChI is InChI=1S/C36H31F2N3O3.2C2H6/c37-36(38)16-18-41(19-17-36)35(43)27-10-8-25(9-11-27)28-20-29-21-31(44-34(29)32(22-28)26-4-2-1-3-5-26)14-13-30(42)12-6-24-7-15-33(39)40-23-24;2*1-2/h1-12,15,20-23H,13-14,16-19H2,(H2,39,40);2*1-2H3/b12-6+;;. The summed E-state index contributed by atoms with van der Waals surface area (Å²) >= 11 is 0. The summed E-state index contributed by atoms with van der Waals surface area (Å²) in [6.07, 6.45) is 4.99. The number of nitrogens with zero attached hydrogens (tertiary/aromatic N) is 2. The lowest BCUT2D eigenvalue weighted by Crippen LogP contribution is -2.42. The fourth-order valence-electron chi connectivity index (χ4n) is 5.39. The molecule has 0 aliphatic carbocycles. The van der Waals surface area contributed by atoms with Gasteiger partial charge in [0.2, 0.25) is 0 Å². The van der Waals surface area contributed by atoms with Crippen molar-refractivity contribution in [3.05, 3.63) is 114 Å². The van der Waals surface area contributed by atoms with E-state index in [2.05, 4.69) is 11.1 Å². The molecule has 3 heterocycles. The van der Waals surface area contributed by atoms with Gasteiger partial charge in [0.25, 0.3) is 11.8 Å². The molecule has 48 heavy (non-hydrogen) atoms. The summed E-state index contributed by atoms with van der Waals surface area (Å²) in [5, 5.41) is 0.904. The molecule has 1 saturated heterocycles. The molecule has 250 valence electrons. The lowest BCUT2D eigenvalue weighted by atomic mass is 9.96. The number of fused-ring (bicyclic) bond motifs is 1. The van der Waals surface area contributed by atoms with E-state index >= 15 is 0 Å². The van der Waals surface area contributed by atoms with E-state index in [0.717, 1.165) is 38.8 Å². The van der Waals surface area contributed by atoms with Crippen LogP contribution in [0.25, 0.3) is 39.3 Å². The van der Waals surface area contributed by atoms with Gasteiger partial charge in [-0.2, -0.15) is 0 Å². The number of anilines is 1. The summed E-state index contributed by atoms with van der Waals surface area (Å²) in [6.45, 7) is 8.10. The fourth-order valence-corrected chi connectivity index (χ4v) is 5.39. The monoisotopic (exact) mass is 651 g/mol. The predicted octanol–water partition coefficient (Wildman–Crippen LogP) is 9.88. The Labute approximate surface area is 281 Å². The zero-order valence-electron chi connectivity index (χ0n) is 28.0. The van der Waals surface area contributed by atoms with Gasteiger partial charge in [-0.15, -0.1) is 0 Å². The number of ketones is 1. The number of nitrogen functional groups attached to an aromatic ring is 1. The van der Waals surface area contributed by atoms with Crippen LogP contribution in [0.4, 0.5) is 14.6 Å². The number of halogens is 2. The van der Waals surface area contributed by atoms with Gasteiger partial charge in [0.05, 0.1) is 0 Å². The average molecular weight is 652 g/mol. The number of nitrogens with two attached hydrogens (primary N) is 1. The van der Waals surface area contributed by atoms with E-state index in [4.69, 9.17) is 10.2 Å². The largest absolute Gasteiger partial charge is 0.460 e. The molecular weight excluding hydrogens is 608 g/mol. The summed E-state index contributed by atoms with van der Waals surface area (Å²) in [7, 11) is 0. The number of carbonyl (C=O) groups excluding carboxylic acids is 2. The van der Waals surface area contributed by atoms with Crippen molar-refractivity contribution in [2.75, 3.05) is 18.8 Å². The van der Waals surface area contributed by atoms with Crippen LogP contribution in [0.3, 0.4) is 0 Å². The maximum absolute atomic E-state index is 13.6. The molecule has 0 radical (unpaired) electrons. The number of rotatable bonds is 8. The molecule has 1 amide bonds. The van der Waals surface area contributed by atoms with Gasteiger partial charge in [0.15, 0.2) is 5.78 Å². The number of aromatic nitrogens is 1. The van der Waals surface area contributed by atoms with Gasteiger partial charge in [-0.05, 0) is 76.9 Å². The third kappa shape index (κ3) is 9.03. The number of hydrogen-bond acceptors (Lipinski definition) is 5. The van der Waals surface area contributed by atoms with Gasteiger partial charge in [-0.25, -0.2) is 13.8 Å². The fraction of sp³-hybridized carbons (Fsp3) is 0.275. The minimum atomic E-state index is -2.70. The molecule has 6 rings (SSSR count). The second kappa shape index (κ2) is 16.6. The van der Waals surface area contributed by atoms with Crippen LogP contribution in [0.5, 0.6) is 0 Å². The van der Waals surface area contributed by atoms with Crippen molar-refractivity contribution in [3.8, 4) is 22.3 Å². The first-order valence-corrected chi connectivity index (χ1v) is 16.6. The molecule has 0 atom stereocenters. The van der Waals surface area contributed by atoms with E-state index in [9.17, 15) is 18.4 Å². The summed E-state index contributed by atoms with van der Waals surface area (Å²) in [4.78, 5) is 31.0. The Bertz CT molecular complexity index is 1820. The number of likely N-dealkylation sites (tertiary alicyclic amines) is 1. The maximum Gasteiger partial charge on any atom is 0.253 e. The smallest absolute Gasteiger partial charge is 0.253 e. The first-order valence-electron chi connectivity index (χ1n) is 16.6. The normalized spacial score (nSPS) is 13.8. The molecule has 0 unspecified atom stereocenters. The molecule has 0 saturated carbocycles. The van der Waals surface area contributed by atoms with E-state index in [0.29, 0.717) is 23.6 Å². The van der Waals surface area contributed by atoms with Crippen LogP contribution in [0.2, 0.25) is 0 Å². The molecule has 0 bridgehead atoms. The van der Waals surface area contributed by atoms with Gasteiger partial charge in [-0.3, -0.25) is 9.59 Å². The summed E-state index contributed by atoms with van der Waals surface area (Å²) in [5.41, 5.74) is 11.4. The van der Waals surface area contributed by atoms with E-state index in [1.54, 1.807) is 36.5 Å². The van der Waals surface area contributed by atoms with Crippen LogP contribution in [0.15, 0.2) is 102 Å². The Balaban J connectivity index is 0.00000125. The summed E-state index contributed by atoms with van der Waals surface area (Å²) < 4.78 is 33.4. The Morgan fingerprint density at radius 1 is 0.875 bits per heavy atom. The number of aryl methyl sites for hydroxylation is 1. The van der Waals surface area contributed by atoms with Crippen LogP contribution < -0.4 is 5.73 Å². The van der Waals surface area contributed by atoms with Gasteiger partial charge in [0, 0.05) is 61.5 Å². The maximum atomic E-state index is 13.6. The number of carbonyl (C=O) groups is 2. The van der Waals surface area contributed by atoms with Gasteiger partial charge in [0.1, 0.15) is 17.2 Å². The number of pyridine rings is 1. The van der Waals surface area contributed by atoms with Gasteiger partial charge < -0.3 is 15.1 Å². The van der Waals surface area contributed by atoms with Gasteiger partial charge in [-0.1, -0.05) is 70.2 Å². The first kappa shape index (κ1) is 35.7. The van der Waals surface area contributed by atoms with Crippen molar-refractivity contribution in [1.29, 1.82) is 0 Å². The molecule has 2 aromatic heterocycles. The Morgan fingerprint density at radius 2 is 1.56 bits per heavy atom. The van der Waals surface area contributed by atoms with Crippen molar-refractivity contribution in [2.24, 2.45) is 0 Å². The van der Waals surface area contributed by atoms with Crippen LogP contribution in [0, 0.1) is 0 Å². The molecule has 0 spiro atoms. The van der Waals surface area contributed by atoms with Crippen molar-refractivity contribution in [3.63, 3.8) is 0 Å². The number of alkyl halides is 2. The SMILES string of the molecule is CC.CC.Nc1ccc(/C=C/C(=O)CCc2cc3cc(-c4ccc(C(=O)N5CCC(F)(F)CC5)cc4)cc(-c4ccccc4)c3o2)cn1. The van der Waals surface area contributed by atoms with Gasteiger partial charge >= 0.3 is 0 Å². The van der Waals surface area contributed by atoms with Crippen molar-refractivity contribution in [1.82, 2.24) is 9.88 Å². The van der Waals surface area contributed by atoms with E-state index < -0.39 is 5.92 Å². The lowest BCUT2D eigenvalue weighted by molar-refractivity contribution is -0.114. The molecule has 1 aliphatic rings. The topological polar surface area (TPSA) is 89.4 Å². The molecule has 6 nitrogen and oxygen atoms in total. The number of piperidine rings is 1. The van der Waals surface area contributed by atoms with Crippen molar-refractivity contribution < 1.29 is 22.8 Å². The molecular formula is C40H43F2N3O3.